The van der Waals surface area contributed by atoms with Gasteiger partial charge < -0.3 is 9.84 Å². The normalized spacial score (nSPS) is 20.6. The Morgan fingerprint density at radius 2 is 2.35 bits per heavy atom. The first kappa shape index (κ1) is 12.5. The predicted molar refractivity (Wildman–Crippen MR) is 60.8 cm³/mol. The second-order valence-corrected chi connectivity index (χ2v) is 6.49. The van der Waals surface area contributed by atoms with Gasteiger partial charge in [-0.05, 0) is 12.5 Å². The molecule has 1 aromatic rings. The molecule has 2 heterocycles. The average molecular weight is 277 g/mol. The van der Waals surface area contributed by atoms with Gasteiger partial charge in [-0.25, -0.2) is 17.9 Å². The SMILES string of the molecule is O=C(O)c1csc(S(=O)(=O)NC2CCOC2)c1. The lowest BCUT2D eigenvalue weighted by Gasteiger charge is -2.09. The summed E-state index contributed by atoms with van der Waals surface area (Å²) in [7, 11) is -3.63. The fourth-order valence-corrected chi connectivity index (χ4v) is 3.90. The van der Waals surface area contributed by atoms with Crippen LogP contribution >= 0.6 is 11.3 Å². The largest absolute Gasteiger partial charge is 0.478 e. The van der Waals surface area contributed by atoms with Crippen molar-refractivity contribution in [3.63, 3.8) is 0 Å². The number of rotatable bonds is 4. The molecular formula is C9H11NO5S2. The van der Waals surface area contributed by atoms with E-state index in [1.165, 1.54) is 5.38 Å². The molecule has 0 saturated carbocycles. The van der Waals surface area contributed by atoms with Crippen molar-refractivity contribution in [1.82, 2.24) is 4.72 Å². The minimum atomic E-state index is -3.63. The molecule has 0 aromatic carbocycles. The zero-order valence-electron chi connectivity index (χ0n) is 8.75. The molecule has 0 amide bonds. The number of carboxylic acids is 1. The minimum absolute atomic E-state index is 0.0156. The molecule has 17 heavy (non-hydrogen) atoms. The molecule has 1 saturated heterocycles. The van der Waals surface area contributed by atoms with Crippen molar-refractivity contribution in [3.8, 4) is 0 Å². The first-order chi connectivity index (χ1) is 7.99. The van der Waals surface area contributed by atoms with E-state index in [1.807, 2.05) is 0 Å². The molecule has 1 fully saturated rings. The van der Waals surface area contributed by atoms with Crippen molar-refractivity contribution < 1.29 is 23.1 Å². The number of carbonyl (C=O) groups is 1. The number of ether oxygens (including phenoxy) is 1. The highest BCUT2D eigenvalue weighted by Gasteiger charge is 2.25. The molecule has 0 bridgehead atoms. The van der Waals surface area contributed by atoms with Crippen LogP contribution < -0.4 is 4.72 Å². The summed E-state index contributed by atoms with van der Waals surface area (Å²) in [5.41, 5.74) is -0.0157. The van der Waals surface area contributed by atoms with Gasteiger partial charge in [0.1, 0.15) is 4.21 Å². The van der Waals surface area contributed by atoms with Crippen molar-refractivity contribution in [2.45, 2.75) is 16.7 Å². The number of sulfonamides is 1. The second-order valence-electron chi connectivity index (χ2n) is 3.64. The summed E-state index contributed by atoms with van der Waals surface area (Å²) >= 11 is 0.896. The van der Waals surface area contributed by atoms with Gasteiger partial charge >= 0.3 is 5.97 Å². The van der Waals surface area contributed by atoms with Crippen LogP contribution in [0.1, 0.15) is 16.8 Å². The highest BCUT2D eigenvalue weighted by Crippen LogP contribution is 2.21. The van der Waals surface area contributed by atoms with Crippen molar-refractivity contribution in [2.75, 3.05) is 13.2 Å². The van der Waals surface area contributed by atoms with E-state index in [1.54, 1.807) is 0 Å². The summed E-state index contributed by atoms with van der Waals surface area (Å²) in [6.07, 6.45) is 0.635. The first-order valence-electron chi connectivity index (χ1n) is 4.91. The Balaban J connectivity index is 2.15. The van der Waals surface area contributed by atoms with Crippen LogP contribution in [0, 0.1) is 0 Å². The lowest BCUT2D eigenvalue weighted by molar-refractivity contribution is 0.0697. The number of carboxylic acid groups (broad SMARTS) is 1. The Bertz CT molecular complexity index is 515. The maximum absolute atomic E-state index is 11.9. The third-order valence-corrected chi connectivity index (χ3v) is 5.30. The molecule has 2 N–H and O–H groups in total. The summed E-state index contributed by atoms with van der Waals surface area (Å²) in [4.78, 5) is 10.7. The monoisotopic (exact) mass is 277 g/mol. The molecule has 1 atom stereocenters. The smallest absolute Gasteiger partial charge is 0.336 e. The van der Waals surface area contributed by atoms with Crippen LogP contribution in [0.2, 0.25) is 0 Å². The van der Waals surface area contributed by atoms with Gasteiger partial charge in [0.15, 0.2) is 0 Å². The summed E-state index contributed by atoms with van der Waals surface area (Å²) in [6, 6.07) is 0.931. The lowest BCUT2D eigenvalue weighted by atomic mass is 10.3. The number of hydrogen-bond acceptors (Lipinski definition) is 5. The zero-order chi connectivity index (χ0) is 12.5. The molecule has 1 unspecified atom stereocenters. The Hall–Kier alpha value is -0.960. The van der Waals surface area contributed by atoms with E-state index in [4.69, 9.17) is 9.84 Å². The standard InChI is InChI=1S/C9H11NO5S2/c11-9(12)6-3-8(16-5-6)17(13,14)10-7-1-2-15-4-7/h3,5,7,10H,1-2,4H2,(H,11,12). The summed E-state index contributed by atoms with van der Waals surface area (Å²) in [5.74, 6) is -1.13. The summed E-state index contributed by atoms with van der Waals surface area (Å²) < 4.78 is 31.3. The van der Waals surface area contributed by atoms with Crippen molar-refractivity contribution >= 4 is 27.3 Å². The van der Waals surface area contributed by atoms with Gasteiger partial charge in [-0.1, -0.05) is 0 Å². The maximum atomic E-state index is 11.9. The molecule has 0 aliphatic carbocycles. The molecule has 94 valence electrons. The molecule has 1 aliphatic rings. The quantitative estimate of drug-likeness (QED) is 0.836. The van der Waals surface area contributed by atoms with Gasteiger partial charge in [-0.2, -0.15) is 0 Å². The fraction of sp³-hybridized carbons (Fsp3) is 0.444. The van der Waals surface area contributed by atoms with Crippen LogP contribution in [0.3, 0.4) is 0 Å². The van der Waals surface area contributed by atoms with Crippen molar-refractivity contribution in [3.05, 3.63) is 17.0 Å². The summed E-state index contributed by atoms with van der Waals surface area (Å²) in [6.45, 7) is 0.897. The van der Waals surface area contributed by atoms with E-state index >= 15 is 0 Å². The number of thiophene rings is 1. The molecule has 1 aromatic heterocycles. The second kappa shape index (κ2) is 4.73. The average Bonchev–Trinajstić information content (AvgIpc) is 2.84. The van der Waals surface area contributed by atoms with E-state index in [0.717, 1.165) is 17.4 Å². The van der Waals surface area contributed by atoms with E-state index in [0.29, 0.717) is 19.6 Å². The van der Waals surface area contributed by atoms with Crippen LogP contribution in [0.4, 0.5) is 0 Å². The first-order valence-corrected chi connectivity index (χ1v) is 7.27. The Labute approximate surface area is 102 Å². The van der Waals surface area contributed by atoms with Gasteiger partial charge in [0.25, 0.3) is 0 Å². The molecular weight excluding hydrogens is 266 g/mol. The maximum Gasteiger partial charge on any atom is 0.336 e. The van der Waals surface area contributed by atoms with Crippen LogP contribution in [0.5, 0.6) is 0 Å². The fourth-order valence-electron chi connectivity index (χ4n) is 1.47. The van der Waals surface area contributed by atoms with Gasteiger partial charge in [-0.15, -0.1) is 11.3 Å². The zero-order valence-corrected chi connectivity index (χ0v) is 10.4. The van der Waals surface area contributed by atoms with Gasteiger partial charge in [0.2, 0.25) is 10.0 Å². The van der Waals surface area contributed by atoms with Crippen LogP contribution in [0.15, 0.2) is 15.7 Å². The number of aromatic carboxylic acids is 1. The van der Waals surface area contributed by atoms with E-state index in [2.05, 4.69) is 4.72 Å². The number of hydrogen-bond donors (Lipinski definition) is 2. The van der Waals surface area contributed by atoms with Crippen molar-refractivity contribution in [2.24, 2.45) is 0 Å². The molecule has 2 rings (SSSR count). The van der Waals surface area contributed by atoms with E-state index in [-0.39, 0.29) is 15.8 Å². The van der Waals surface area contributed by atoms with Gasteiger partial charge in [0.05, 0.1) is 12.2 Å². The molecule has 0 radical (unpaired) electrons. The Morgan fingerprint density at radius 3 is 2.88 bits per heavy atom. The van der Waals surface area contributed by atoms with Gasteiger partial charge in [0, 0.05) is 18.0 Å². The van der Waals surface area contributed by atoms with Crippen LogP contribution in [-0.2, 0) is 14.8 Å². The lowest BCUT2D eigenvalue weighted by Crippen LogP contribution is -2.34. The topological polar surface area (TPSA) is 92.7 Å². The number of nitrogens with one attached hydrogen (secondary N) is 1. The summed E-state index contributed by atoms with van der Waals surface area (Å²) in [5, 5.41) is 10.0. The molecule has 1 aliphatic heterocycles. The Kier molecular flexibility index (Phi) is 3.48. The third-order valence-electron chi connectivity index (χ3n) is 2.34. The third kappa shape index (κ3) is 2.83. The highest BCUT2D eigenvalue weighted by atomic mass is 32.2. The highest BCUT2D eigenvalue weighted by molar-refractivity contribution is 7.91. The van der Waals surface area contributed by atoms with E-state index in [9.17, 15) is 13.2 Å². The van der Waals surface area contributed by atoms with Crippen molar-refractivity contribution in [1.29, 1.82) is 0 Å². The Morgan fingerprint density at radius 1 is 1.59 bits per heavy atom. The minimum Gasteiger partial charge on any atom is -0.478 e. The molecule has 8 heteroatoms. The molecule has 0 spiro atoms. The predicted octanol–water partition coefficient (Wildman–Crippen LogP) is 0.514. The van der Waals surface area contributed by atoms with Gasteiger partial charge in [-0.3, -0.25) is 0 Å². The van der Waals surface area contributed by atoms with Crippen LogP contribution in [0.25, 0.3) is 0 Å². The van der Waals surface area contributed by atoms with Crippen LogP contribution in [-0.4, -0.2) is 38.7 Å². The van der Waals surface area contributed by atoms with E-state index < -0.39 is 16.0 Å². The molecule has 6 nitrogen and oxygen atoms in total.